The second kappa shape index (κ2) is 5.60. The van der Waals surface area contributed by atoms with E-state index in [4.69, 9.17) is 16.8 Å². The highest BCUT2D eigenvalue weighted by Crippen LogP contribution is 2.11. The van der Waals surface area contributed by atoms with E-state index in [0.29, 0.717) is 28.5 Å². The molecule has 0 fully saturated rings. The van der Waals surface area contributed by atoms with Gasteiger partial charge in [-0.05, 0) is 29.8 Å². The SMILES string of the molecule is ON=C(Cc1cccc(Cl)n1)c1ccc(F)cc1. The predicted molar refractivity (Wildman–Crippen MR) is 67.7 cm³/mol. The van der Waals surface area contributed by atoms with Gasteiger partial charge in [0, 0.05) is 12.1 Å². The smallest absolute Gasteiger partial charge is 0.129 e. The van der Waals surface area contributed by atoms with E-state index in [1.807, 2.05) is 0 Å². The summed E-state index contributed by atoms with van der Waals surface area (Å²) in [4.78, 5) is 4.10. The second-order valence-corrected chi connectivity index (χ2v) is 4.07. The molecule has 2 aromatic rings. The third-order valence-corrected chi connectivity index (χ3v) is 2.63. The van der Waals surface area contributed by atoms with Gasteiger partial charge in [0.25, 0.3) is 0 Å². The Hall–Kier alpha value is -1.94. The molecule has 0 aliphatic heterocycles. The van der Waals surface area contributed by atoms with Crippen molar-refractivity contribution in [1.29, 1.82) is 0 Å². The number of aromatic nitrogens is 1. The van der Waals surface area contributed by atoms with E-state index in [1.54, 1.807) is 30.3 Å². The molecule has 1 aromatic heterocycles. The van der Waals surface area contributed by atoms with E-state index < -0.39 is 0 Å². The third-order valence-electron chi connectivity index (χ3n) is 2.42. The van der Waals surface area contributed by atoms with Crippen LogP contribution in [0.5, 0.6) is 0 Å². The highest BCUT2D eigenvalue weighted by Gasteiger charge is 2.07. The topological polar surface area (TPSA) is 45.5 Å². The van der Waals surface area contributed by atoms with Crippen molar-refractivity contribution in [2.45, 2.75) is 6.42 Å². The van der Waals surface area contributed by atoms with E-state index in [9.17, 15) is 4.39 Å². The van der Waals surface area contributed by atoms with E-state index in [-0.39, 0.29) is 5.82 Å². The molecule has 1 aromatic carbocycles. The lowest BCUT2D eigenvalue weighted by Gasteiger charge is -2.04. The molecule has 0 aliphatic rings. The second-order valence-electron chi connectivity index (χ2n) is 3.68. The first-order chi connectivity index (χ1) is 8.69. The summed E-state index contributed by atoms with van der Waals surface area (Å²) in [6.07, 6.45) is 0.322. The van der Waals surface area contributed by atoms with Gasteiger partial charge in [0.2, 0.25) is 0 Å². The first-order valence-electron chi connectivity index (χ1n) is 5.27. The van der Waals surface area contributed by atoms with Crippen LogP contribution in [0, 0.1) is 5.82 Å². The van der Waals surface area contributed by atoms with Gasteiger partial charge in [-0.25, -0.2) is 9.37 Å². The zero-order chi connectivity index (χ0) is 13.0. The Morgan fingerprint density at radius 3 is 2.56 bits per heavy atom. The molecule has 0 bridgehead atoms. The minimum Gasteiger partial charge on any atom is -0.411 e. The lowest BCUT2D eigenvalue weighted by atomic mass is 10.1. The van der Waals surface area contributed by atoms with Crippen molar-refractivity contribution in [2.75, 3.05) is 0 Å². The van der Waals surface area contributed by atoms with Gasteiger partial charge in [0.1, 0.15) is 11.0 Å². The van der Waals surface area contributed by atoms with Crippen LogP contribution in [0.2, 0.25) is 5.15 Å². The van der Waals surface area contributed by atoms with Crippen molar-refractivity contribution >= 4 is 17.3 Å². The summed E-state index contributed by atoms with van der Waals surface area (Å²) in [7, 11) is 0. The van der Waals surface area contributed by atoms with E-state index in [1.165, 1.54) is 12.1 Å². The molecule has 0 saturated heterocycles. The van der Waals surface area contributed by atoms with E-state index in [0.717, 1.165) is 0 Å². The van der Waals surface area contributed by atoms with Crippen molar-refractivity contribution in [2.24, 2.45) is 5.16 Å². The van der Waals surface area contributed by atoms with Gasteiger partial charge in [-0.3, -0.25) is 0 Å². The largest absolute Gasteiger partial charge is 0.411 e. The highest BCUT2D eigenvalue weighted by atomic mass is 35.5. The minimum absolute atomic E-state index is 0.322. The first kappa shape index (κ1) is 12.5. The van der Waals surface area contributed by atoms with Crippen LogP contribution in [0.4, 0.5) is 4.39 Å². The predicted octanol–water partition coefficient (Wildman–Crippen LogP) is 3.30. The fraction of sp³-hybridized carbons (Fsp3) is 0.0769. The lowest BCUT2D eigenvalue weighted by Crippen LogP contribution is -2.07. The Morgan fingerprint density at radius 1 is 1.22 bits per heavy atom. The van der Waals surface area contributed by atoms with Crippen molar-refractivity contribution in [3.63, 3.8) is 0 Å². The summed E-state index contributed by atoms with van der Waals surface area (Å²) in [5.41, 5.74) is 1.73. The molecule has 0 aliphatic carbocycles. The molecule has 1 N–H and O–H groups in total. The fourth-order valence-electron chi connectivity index (χ4n) is 1.56. The Balaban J connectivity index is 2.23. The molecule has 2 rings (SSSR count). The molecule has 0 amide bonds. The van der Waals surface area contributed by atoms with E-state index in [2.05, 4.69) is 10.1 Å². The number of hydrogen-bond donors (Lipinski definition) is 1. The maximum atomic E-state index is 12.8. The number of oxime groups is 1. The Kier molecular flexibility index (Phi) is 3.89. The molecular formula is C13H10ClFN2O. The molecule has 0 radical (unpaired) electrons. The average molecular weight is 265 g/mol. The van der Waals surface area contributed by atoms with Crippen molar-refractivity contribution in [3.05, 3.63) is 64.7 Å². The molecule has 0 unspecified atom stereocenters. The molecule has 0 saturated carbocycles. The van der Waals surface area contributed by atoms with Gasteiger partial charge in [-0.15, -0.1) is 0 Å². The van der Waals surface area contributed by atoms with Gasteiger partial charge >= 0.3 is 0 Å². The fourth-order valence-corrected chi connectivity index (χ4v) is 1.74. The van der Waals surface area contributed by atoms with Gasteiger partial charge in [0.15, 0.2) is 0 Å². The highest BCUT2D eigenvalue weighted by molar-refractivity contribution is 6.29. The zero-order valence-corrected chi connectivity index (χ0v) is 10.1. The summed E-state index contributed by atoms with van der Waals surface area (Å²) in [5, 5.41) is 12.6. The van der Waals surface area contributed by atoms with Crippen molar-refractivity contribution < 1.29 is 9.60 Å². The maximum Gasteiger partial charge on any atom is 0.129 e. The van der Waals surface area contributed by atoms with Crippen LogP contribution in [0.1, 0.15) is 11.3 Å². The number of pyridine rings is 1. The average Bonchev–Trinajstić information content (AvgIpc) is 2.37. The molecule has 18 heavy (non-hydrogen) atoms. The normalized spacial score (nSPS) is 11.6. The number of benzene rings is 1. The van der Waals surface area contributed by atoms with Crippen LogP contribution >= 0.6 is 11.6 Å². The van der Waals surface area contributed by atoms with Crippen LogP contribution in [0.25, 0.3) is 0 Å². The van der Waals surface area contributed by atoms with Crippen molar-refractivity contribution in [3.8, 4) is 0 Å². The van der Waals surface area contributed by atoms with Gasteiger partial charge in [-0.1, -0.05) is 35.0 Å². The monoisotopic (exact) mass is 264 g/mol. The number of halogens is 2. The van der Waals surface area contributed by atoms with Crippen LogP contribution < -0.4 is 0 Å². The first-order valence-corrected chi connectivity index (χ1v) is 5.65. The van der Waals surface area contributed by atoms with Crippen LogP contribution in [-0.2, 0) is 6.42 Å². The maximum absolute atomic E-state index is 12.8. The zero-order valence-electron chi connectivity index (χ0n) is 9.35. The van der Waals surface area contributed by atoms with Gasteiger partial charge in [0.05, 0.1) is 5.71 Å². The Labute approximate surface area is 109 Å². The van der Waals surface area contributed by atoms with Crippen LogP contribution in [0.15, 0.2) is 47.6 Å². The molecular weight excluding hydrogens is 255 g/mol. The quantitative estimate of drug-likeness (QED) is 0.400. The van der Waals surface area contributed by atoms with Crippen LogP contribution in [-0.4, -0.2) is 15.9 Å². The summed E-state index contributed by atoms with van der Waals surface area (Å²) in [6, 6.07) is 10.9. The molecule has 5 heteroatoms. The number of rotatable bonds is 3. The van der Waals surface area contributed by atoms with Gasteiger partial charge in [-0.2, -0.15) is 0 Å². The van der Waals surface area contributed by atoms with Crippen LogP contribution in [0.3, 0.4) is 0 Å². The number of nitrogens with zero attached hydrogens (tertiary/aromatic N) is 2. The van der Waals surface area contributed by atoms with E-state index >= 15 is 0 Å². The summed E-state index contributed by atoms with van der Waals surface area (Å²) in [5.74, 6) is -0.336. The van der Waals surface area contributed by atoms with Crippen molar-refractivity contribution in [1.82, 2.24) is 4.98 Å². The Bertz CT molecular complexity index is 569. The minimum atomic E-state index is -0.336. The molecule has 0 spiro atoms. The number of hydrogen-bond acceptors (Lipinski definition) is 3. The van der Waals surface area contributed by atoms with Gasteiger partial charge < -0.3 is 5.21 Å². The summed E-state index contributed by atoms with van der Waals surface area (Å²) >= 11 is 5.78. The standard InChI is InChI=1S/C13H10ClFN2O/c14-13-3-1-2-11(16-13)8-12(17-18)9-4-6-10(15)7-5-9/h1-7,18H,8H2. The third kappa shape index (κ3) is 3.05. The summed E-state index contributed by atoms with van der Waals surface area (Å²) < 4.78 is 12.8. The molecule has 3 nitrogen and oxygen atoms in total. The molecule has 0 atom stereocenters. The lowest BCUT2D eigenvalue weighted by molar-refractivity contribution is 0.318. The molecule has 1 heterocycles. The molecule has 92 valence electrons. The summed E-state index contributed by atoms with van der Waals surface area (Å²) in [6.45, 7) is 0. The Morgan fingerprint density at radius 2 is 1.94 bits per heavy atom.